The lowest BCUT2D eigenvalue weighted by molar-refractivity contribution is -0.121. The highest BCUT2D eigenvalue weighted by atomic mass is 79.9. The minimum absolute atomic E-state index is 0.0357. The molecular weight excluding hydrogens is 406 g/mol. The van der Waals surface area contributed by atoms with Gasteiger partial charge in [0.05, 0.1) is 5.92 Å². The Kier molecular flexibility index (Phi) is 4.99. The number of carbonyl (C=O) groups is 2. The number of likely N-dealkylation sites (tertiary alicyclic amines) is 1. The van der Waals surface area contributed by atoms with Crippen LogP contribution in [0.4, 0.5) is 5.69 Å². The number of halogens is 1. The molecule has 1 unspecified atom stereocenters. The van der Waals surface area contributed by atoms with Gasteiger partial charge in [-0.15, -0.1) is 0 Å². The number of fused-ring (bicyclic) bond motifs is 1. The van der Waals surface area contributed by atoms with Gasteiger partial charge in [0.2, 0.25) is 5.91 Å². The molecule has 0 spiro atoms. The lowest BCUT2D eigenvalue weighted by Crippen LogP contribution is -2.43. The van der Waals surface area contributed by atoms with Crippen molar-refractivity contribution in [1.29, 1.82) is 0 Å². The van der Waals surface area contributed by atoms with Crippen molar-refractivity contribution in [2.24, 2.45) is 5.92 Å². The molecule has 138 valence electrons. The Balaban J connectivity index is 1.44. The van der Waals surface area contributed by atoms with Crippen LogP contribution in [0.25, 0.3) is 10.9 Å². The average molecular weight is 426 g/mol. The fourth-order valence-electron chi connectivity index (χ4n) is 3.51. The first-order chi connectivity index (χ1) is 13.1. The largest absolute Gasteiger partial charge is 0.351 e. The van der Waals surface area contributed by atoms with Crippen molar-refractivity contribution in [3.05, 3.63) is 64.8 Å². The number of anilines is 1. The summed E-state index contributed by atoms with van der Waals surface area (Å²) in [4.78, 5) is 30.5. The van der Waals surface area contributed by atoms with Gasteiger partial charge in [0.1, 0.15) is 5.69 Å². The normalized spacial score (nSPS) is 17.1. The highest BCUT2D eigenvalue weighted by Gasteiger charge is 2.29. The molecule has 1 atom stereocenters. The van der Waals surface area contributed by atoms with Crippen molar-refractivity contribution in [3.63, 3.8) is 0 Å². The lowest BCUT2D eigenvalue weighted by atomic mass is 9.96. The Morgan fingerprint density at radius 3 is 2.67 bits per heavy atom. The molecule has 0 aliphatic carbocycles. The monoisotopic (exact) mass is 425 g/mol. The number of para-hydroxylation sites is 1. The summed E-state index contributed by atoms with van der Waals surface area (Å²) in [5.41, 5.74) is 2.29. The van der Waals surface area contributed by atoms with Gasteiger partial charge in [0, 0.05) is 34.2 Å². The second-order valence-electron chi connectivity index (χ2n) is 6.86. The van der Waals surface area contributed by atoms with Crippen LogP contribution in [-0.4, -0.2) is 34.8 Å². The number of hydrogen-bond donors (Lipinski definition) is 2. The zero-order chi connectivity index (χ0) is 18.8. The maximum absolute atomic E-state index is 12.9. The van der Waals surface area contributed by atoms with E-state index in [1.807, 2.05) is 54.6 Å². The number of carbonyl (C=O) groups excluding carboxylic acids is 2. The summed E-state index contributed by atoms with van der Waals surface area (Å²) in [5, 5.41) is 3.97. The Bertz CT molecular complexity index is 948. The predicted molar refractivity (Wildman–Crippen MR) is 110 cm³/mol. The third-order valence-electron chi connectivity index (χ3n) is 4.95. The molecular formula is C21H20BrN3O2. The number of hydrogen-bond acceptors (Lipinski definition) is 2. The molecule has 3 aromatic rings. The number of aromatic amines is 1. The van der Waals surface area contributed by atoms with Crippen LogP contribution in [0.5, 0.6) is 0 Å². The first kappa shape index (κ1) is 17.8. The van der Waals surface area contributed by atoms with Crippen LogP contribution < -0.4 is 5.32 Å². The van der Waals surface area contributed by atoms with E-state index in [4.69, 9.17) is 0 Å². The van der Waals surface area contributed by atoms with Crippen LogP contribution in [0.3, 0.4) is 0 Å². The second-order valence-corrected chi connectivity index (χ2v) is 7.77. The molecule has 2 aromatic carbocycles. The van der Waals surface area contributed by atoms with Crippen LogP contribution in [0.1, 0.15) is 23.3 Å². The van der Waals surface area contributed by atoms with E-state index in [0.717, 1.165) is 33.9 Å². The first-order valence-corrected chi connectivity index (χ1v) is 9.83. The van der Waals surface area contributed by atoms with Gasteiger partial charge in [-0.1, -0.05) is 34.1 Å². The number of nitrogens with zero attached hydrogens (tertiary/aromatic N) is 1. The van der Waals surface area contributed by atoms with E-state index in [1.54, 1.807) is 4.90 Å². The van der Waals surface area contributed by atoms with Crippen molar-refractivity contribution in [2.75, 3.05) is 18.4 Å². The van der Waals surface area contributed by atoms with Crippen LogP contribution >= 0.6 is 15.9 Å². The number of amides is 2. The molecule has 2 heterocycles. The minimum atomic E-state index is -0.198. The van der Waals surface area contributed by atoms with E-state index in [9.17, 15) is 9.59 Å². The van der Waals surface area contributed by atoms with E-state index < -0.39 is 0 Å². The third kappa shape index (κ3) is 3.90. The predicted octanol–water partition coefficient (Wildman–Crippen LogP) is 4.42. The van der Waals surface area contributed by atoms with Crippen molar-refractivity contribution < 1.29 is 9.59 Å². The standard InChI is InChI=1S/C21H20BrN3O2/c22-16-7-9-17(10-8-16)23-20(26)15-5-3-11-25(13-15)21(27)19-12-14-4-1-2-6-18(14)24-19/h1-2,4,6-10,12,15,24H,3,5,11,13H2,(H,23,26). The average Bonchev–Trinajstić information content (AvgIpc) is 3.13. The van der Waals surface area contributed by atoms with Gasteiger partial charge < -0.3 is 15.2 Å². The van der Waals surface area contributed by atoms with Gasteiger partial charge in [-0.05, 0) is 49.2 Å². The molecule has 4 rings (SSSR count). The Morgan fingerprint density at radius 1 is 1.11 bits per heavy atom. The SMILES string of the molecule is O=C(Nc1ccc(Br)cc1)C1CCCN(C(=O)c2cc3ccccc3[nH]2)C1. The Labute approximate surface area is 165 Å². The van der Waals surface area contributed by atoms with Gasteiger partial charge in [-0.2, -0.15) is 0 Å². The van der Waals surface area contributed by atoms with Gasteiger partial charge >= 0.3 is 0 Å². The molecule has 0 bridgehead atoms. The van der Waals surface area contributed by atoms with Crippen molar-refractivity contribution in [3.8, 4) is 0 Å². The molecule has 1 aliphatic rings. The smallest absolute Gasteiger partial charge is 0.270 e. The van der Waals surface area contributed by atoms with Gasteiger partial charge in [-0.25, -0.2) is 0 Å². The molecule has 1 fully saturated rings. The summed E-state index contributed by atoms with van der Waals surface area (Å²) < 4.78 is 0.966. The Hall–Kier alpha value is -2.60. The number of aromatic nitrogens is 1. The summed E-state index contributed by atoms with van der Waals surface area (Å²) in [6.07, 6.45) is 1.61. The molecule has 2 amide bonds. The number of piperidine rings is 1. The topological polar surface area (TPSA) is 65.2 Å². The summed E-state index contributed by atoms with van der Waals surface area (Å²) in [6, 6.07) is 17.2. The molecule has 0 saturated carbocycles. The number of H-pyrrole nitrogens is 1. The van der Waals surface area contributed by atoms with E-state index in [0.29, 0.717) is 18.8 Å². The summed E-state index contributed by atoms with van der Waals surface area (Å²) in [6.45, 7) is 1.12. The molecule has 27 heavy (non-hydrogen) atoms. The van der Waals surface area contributed by atoms with Crippen LogP contribution in [0.2, 0.25) is 0 Å². The molecule has 6 heteroatoms. The van der Waals surface area contributed by atoms with E-state index in [-0.39, 0.29) is 17.7 Å². The van der Waals surface area contributed by atoms with Crippen molar-refractivity contribution in [1.82, 2.24) is 9.88 Å². The molecule has 5 nitrogen and oxygen atoms in total. The third-order valence-corrected chi connectivity index (χ3v) is 5.48. The van der Waals surface area contributed by atoms with Gasteiger partial charge in [-0.3, -0.25) is 9.59 Å². The maximum atomic E-state index is 12.9. The molecule has 2 N–H and O–H groups in total. The zero-order valence-electron chi connectivity index (χ0n) is 14.7. The fourth-order valence-corrected chi connectivity index (χ4v) is 3.78. The van der Waals surface area contributed by atoms with Crippen LogP contribution in [0.15, 0.2) is 59.1 Å². The molecule has 1 aliphatic heterocycles. The quantitative estimate of drug-likeness (QED) is 0.651. The highest BCUT2D eigenvalue weighted by molar-refractivity contribution is 9.10. The summed E-state index contributed by atoms with van der Waals surface area (Å²) in [5.74, 6) is -0.283. The highest BCUT2D eigenvalue weighted by Crippen LogP contribution is 2.23. The van der Waals surface area contributed by atoms with Crippen molar-refractivity contribution >= 4 is 44.3 Å². The summed E-state index contributed by atoms with van der Waals surface area (Å²) >= 11 is 3.39. The van der Waals surface area contributed by atoms with Crippen LogP contribution in [0, 0.1) is 5.92 Å². The van der Waals surface area contributed by atoms with Gasteiger partial charge in [0.15, 0.2) is 0 Å². The number of rotatable bonds is 3. The van der Waals surface area contributed by atoms with Crippen molar-refractivity contribution in [2.45, 2.75) is 12.8 Å². The molecule has 0 radical (unpaired) electrons. The second kappa shape index (κ2) is 7.56. The van der Waals surface area contributed by atoms with E-state index >= 15 is 0 Å². The first-order valence-electron chi connectivity index (χ1n) is 9.03. The maximum Gasteiger partial charge on any atom is 0.270 e. The number of benzene rings is 2. The fraction of sp³-hybridized carbons (Fsp3) is 0.238. The molecule has 1 aromatic heterocycles. The summed E-state index contributed by atoms with van der Waals surface area (Å²) in [7, 11) is 0. The van der Waals surface area contributed by atoms with E-state index in [2.05, 4.69) is 26.2 Å². The van der Waals surface area contributed by atoms with Crippen LogP contribution in [-0.2, 0) is 4.79 Å². The van der Waals surface area contributed by atoms with Gasteiger partial charge in [0.25, 0.3) is 5.91 Å². The lowest BCUT2D eigenvalue weighted by Gasteiger charge is -2.31. The Morgan fingerprint density at radius 2 is 1.89 bits per heavy atom. The molecule has 1 saturated heterocycles. The number of nitrogens with one attached hydrogen (secondary N) is 2. The minimum Gasteiger partial charge on any atom is -0.351 e. The zero-order valence-corrected chi connectivity index (χ0v) is 16.3. The van der Waals surface area contributed by atoms with E-state index in [1.165, 1.54) is 0 Å².